The number of nitrogens with two attached hydrogens (primary N) is 2. The highest BCUT2D eigenvalue weighted by molar-refractivity contribution is 7.47. The van der Waals surface area contributed by atoms with Crippen LogP contribution in [0.1, 0.15) is 42.8 Å². The van der Waals surface area contributed by atoms with Gasteiger partial charge in [0.2, 0.25) is 5.91 Å². The molecule has 4 unspecified atom stereocenters. The second-order valence-corrected chi connectivity index (χ2v) is 16.6. The Balaban J connectivity index is 1.25. The SMILES string of the molecule is C=CCCC(=O)NC(Cc1ccc(C(F)(F)F)cc1)C(=O)O[C@@H]1[C@H](COP(=O)(O)O[C@H]2CC(n3ccc(N)nc3=O)O[C@@H]2COP(=O)(O)O)OC(n2cnc3c(N)ncnc32)[C@@H]1O. The highest BCUT2D eigenvalue weighted by atomic mass is 31.2. The number of fused-ring (bicyclic) bond motifs is 1. The molecule has 2 aliphatic heterocycles. The molecule has 0 saturated carbocycles. The Morgan fingerprint density at radius 3 is 2.41 bits per heavy atom. The number of hydrogen-bond acceptors (Lipinski definition) is 18. The van der Waals surface area contributed by atoms with E-state index in [1.807, 2.05) is 0 Å². The van der Waals surface area contributed by atoms with Crippen molar-refractivity contribution in [3.05, 3.63) is 83.4 Å². The lowest BCUT2D eigenvalue weighted by Crippen LogP contribution is -2.47. The Kier molecular flexibility index (Phi) is 14.5. The Morgan fingerprint density at radius 2 is 1.75 bits per heavy atom. The Morgan fingerprint density at radius 1 is 1.03 bits per heavy atom. The van der Waals surface area contributed by atoms with E-state index >= 15 is 0 Å². The van der Waals surface area contributed by atoms with Crippen LogP contribution in [-0.2, 0) is 59.1 Å². The van der Waals surface area contributed by atoms with E-state index in [1.54, 1.807) is 0 Å². The number of rotatable bonds is 18. The number of allylic oxidation sites excluding steroid dienone is 1. The van der Waals surface area contributed by atoms with Gasteiger partial charge in [-0.2, -0.15) is 18.2 Å². The number of nitrogens with zero attached hydrogens (tertiary/aromatic N) is 6. The average molecular weight is 934 g/mol. The van der Waals surface area contributed by atoms with E-state index in [9.17, 15) is 56.5 Å². The third-order valence-electron chi connectivity index (χ3n) is 9.56. The smallest absolute Gasteiger partial charge is 0.455 e. The molecule has 0 spiro atoms. The highest BCUT2D eigenvalue weighted by Gasteiger charge is 2.50. The van der Waals surface area contributed by atoms with Crippen molar-refractivity contribution < 1.29 is 79.5 Å². The number of carbonyl (C=O) groups excluding carboxylic acids is 2. The van der Waals surface area contributed by atoms with Gasteiger partial charge >= 0.3 is 33.5 Å². The molecule has 6 rings (SSSR count). The predicted octanol–water partition coefficient (Wildman–Crippen LogP) is 1.03. The van der Waals surface area contributed by atoms with Crippen molar-refractivity contribution in [2.24, 2.45) is 0 Å². The molecule has 2 aliphatic rings. The number of esters is 1. The topological polar surface area (TPSA) is 347 Å². The van der Waals surface area contributed by atoms with Crippen molar-refractivity contribution in [2.75, 3.05) is 24.7 Å². The van der Waals surface area contributed by atoms with E-state index in [0.29, 0.717) is 0 Å². The molecule has 0 aliphatic carbocycles. The number of aliphatic hydroxyl groups excluding tert-OH is 1. The van der Waals surface area contributed by atoms with Crippen LogP contribution in [0.2, 0.25) is 0 Å². The van der Waals surface area contributed by atoms with Crippen LogP contribution in [0, 0.1) is 0 Å². The minimum absolute atomic E-state index is 0.0405. The van der Waals surface area contributed by atoms with Gasteiger partial charge in [0.25, 0.3) is 0 Å². The van der Waals surface area contributed by atoms with Gasteiger partial charge in [-0.05, 0) is 30.2 Å². The number of alkyl halides is 3. The third-order valence-corrected chi connectivity index (χ3v) is 11.1. The van der Waals surface area contributed by atoms with Crippen LogP contribution in [0.3, 0.4) is 0 Å². The number of imidazole rings is 1. The molecule has 1 aromatic carbocycles. The summed E-state index contributed by atoms with van der Waals surface area (Å²) >= 11 is 0. The molecule has 9 atom stereocenters. The number of nitrogens with one attached hydrogen (secondary N) is 1. The van der Waals surface area contributed by atoms with Crippen LogP contribution in [0.15, 0.2) is 66.6 Å². The van der Waals surface area contributed by atoms with Crippen LogP contribution in [-0.4, -0.2) is 111 Å². The number of halogens is 3. The molecule has 2 fully saturated rings. The summed E-state index contributed by atoms with van der Waals surface area (Å²) in [6, 6.07) is 3.44. The van der Waals surface area contributed by atoms with Crippen molar-refractivity contribution in [3.63, 3.8) is 0 Å². The number of carbonyl (C=O) groups is 2. The molecule has 0 radical (unpaired) electrons. The van der Waals surface area contributed by atoms with Crippen LogP contribution in [0.25, 0.3) is 11.2 Å². The van der Waals surface area contributed by atoms with Gasteiger partial charge in [0, 0.05) is 25.5 Å². The van der Waals surface area contributed by atoms with Crippen LogP contribution >= 0.6 is 15.6 Å². The number of phosphoric ester groups is 2. The monoisotopic (exact) mass is 933 g/mol. The number of nitrogen functional groups attached to an aromatic ring is 2. The van der Waals surface area contributed by atoms with E-state index in [2.05, 4.69) is 36.4 Å². The summed E-state index contributed by atoms with van der Waals surface area (Å²) in [5, 5.41) is 14.1. The van der Waals surface area contributed by atoms with Gasteiger partial charge in [0.15, 0.2) is 23.8 Å². The van der Waals surface area contributed by atoms with E-state index < -0.39 is 114 Å². The normalized spacial score (nSPS) is 24.2. The fourth-order valence-corrected chi connectivity index (χ4v) is 7.88. The number of benzene rings is 1. The standard InChI is InChI=1S/C34H40F3N9O15P2/c1-2-3-4-24(47)43-19(11-17-5-7-18(8-6-17)34(35,36)37)32(49)60-28-22(59-31(27(28)48)46-16-42-26-29(39)40-15-41-30(26)46)14-57-63(54,55)61-20-12-25(45-10-9-23(38)44-33(45)50)58-21(20)13-56-62(51,52)53/h2,5-10,15-16,19-22,25,27-28,31,48H,1,3-4,11-14H2,(H,43,47)(H,54,55)(H2,38,44,50)(H2,39,40,41)(H2,51,52,53)/t19?,20-,21+,22-,25?,27+,28+,31?/m0/s1. The van der Waals surface area contributed by atoms with E-state index in [0.717, 1.165) is 41.5 Å². The number of aliphatic hydroxyl groups is 1. The Labute approximate surface area is 352 Å². The first kappa shape index (κ1) is 47.3. The third kappa shape index (κ3) is 11.9. The molecule has 9 N–H and O–H groups in total. The van der Waals surface area contributed by atoms with E-state index in [-0.39, 0.29) is 47.6 Å². The fraction of sp³-hybridized carbons (Fsp3) is 0.441. The van der Waals surface area contributed by atoms with Gasteiger partial charge in [-0.3, -0.25) is 27.5 Å². The van der Waals surface area contributed by atoms with E-state index in [1.165, 1.54) is 22.9 Å². The number of amides is 1. The Bertz CT molecular complexity index is 2460. The number of aromatic nitrogens is 6. The summed E-state index contributed by atoms with van der Waals surface area (Å²) in [5.41, 5.74) is 9.90. The summed E-state index contributed by atoms with van der Waals surface area (Å²) < 4.78 is 99.5. The zero-order valence-corrected chi connectivity index (χ0v) is 34.2. The minimum atomic E-state index is -5.31. The molecule has 0 bridgehead atoms. The molecule has 2 saturated heterocycles. The maximum atomic E-state index is 13.9. The largest absolute Gasteiger partial charge is 0.472 e. The number of hydrogen-bond donors (Lipinski definition) is 7. The van der Waals surface area contributed by atoms with E-state index in [4.69, 9.17) is 34.7 Å². The second-order valence-electron chi connectivity index (χ2n) is 14.0. The zero-order valence-electron chi connectivity index (χ0n) is 32.4. The molecule has 29 heteroatoms. The van der Waals surface area contributed by atoms with Gasteiger partial charge in [-0.15, -0.1) is 6.58 Å². The van der Waals surface area contributed by atoms with Gasteiger partial charge < -0.3 is 50.8 Å². The molecule has 5 heterocycles. The van der Waals surface area contributed by atoms with Crippen LogP contribution in [0.4, 0.5) is 24.8 Å². The van der Waals surface area contributed by atoms with Gasteiger partial charge in [-0.25, -0.2) is 33.7 Å². The molecule has 1 amide bonds. The van der Waals surface area contributed by atoms with Crippen LogP contribution in [0.5, 0.6) is 0 Å². The number of anilines is 2. The molecular formula is C34H40F3N9O15P2. The average Bonchev–Trinajstić information content (AvgIpc) is 3.90. The summed E-state index contributed by atoms with van der Waals surface area (Å²) in [5.74, 6) is -2.06. The maximum absolute atomic E-state index is 13.9. The van der Waals surface area contributed by atoms with Crippen LogP contribution < -0.4 is 22.5 Å². The molecule has 3 aromatic heterocycles. The van der Waals surface area contributed by atoms with Crippen molar-refractivity contribution in [2.45, 2.75) is 80.9 Å². The first-order chi connectivity index (χ1) is 29.6. The lowest BCUT2D eigenvalue weighted by Gasteiger charge is -2.25. The first-order valence-electron chi connectivity index (χ1n) is 18.5. The summed E-state index contributed by atoms with van der Waals surface area (Å²) in [7, 11) is -10.4. The zero-order chi connectivity index (χ0) is 45.9. The fourth-order valence-electron chi connectivity index (χ4n) is 6.58. The van der Waals surface area contributed by atoms with Gasteiger partial charge in [-0.1, -0.05) is 18.2 Å². The van der Waals surface area contributed by atoms with Gasteiger partial charge in [0.1, 0.15) is 54.3 Å². The molecule has 342 valence electrons. The molecule has 4 aromatic rings. The quantitative estimate of drug-likeness (QED) is 0.0416. The second kappa shape index (κ2) is 19.3. The summed E-state index contributed by atoms with van der Waals surface area (Å²) in [6.45, 7) is 1.66. The van der Waals surface area contributed by atoms with Gasteiger partial charge in [0.05, 0.1) is 25.1 Å². The molecule has 24 nitrogen and oxygen atoms in total. The maximum Gasteiger partial charge on any atom is 0.472 e. The summed E-state index contributed by atoms with van der Waals surface area (Å²) in [4.78, 5) is 84.5. The highest BCUT2D eigenvalue weighted by Crippen LogP contribution is 2.50. The van der Waals surface area contributed by atoms with Crippen molar-refractivity contribution >= 4 is 50.3 Å². The minimum Gasteiger partial charge on any atom is -0.455 e. The lowest BCUT2D eigenvalue weighted by molar-refractivity contribution is -0.160. The molecule has 63 heavy (non-hydrogen) atoms. The Hall–Kier alpha value is -5.18. The van der Waals surface area contributed by atoms with Crippen molar-refractivity contribution in [3.8, 4) is 0 Å². The first-order valence-corrected chi connectivity index (χ1v) is 21.5. The van der Waals surface area contributed by atoms with Crippen molar-refractivity contribution in [1.29, 1.82) is 0 Å². The number of ether oxygens (including phenoxy) is 3. The predicted molar refractivity (Wildman–Crippen MR) is 206 cm³/mol. The summed E-state index contributed by atoms with van der Waals surface area (Å²) in [6.07, 6.45) is -11.6. The lowest BCUT2D eigenvalue weighted by atomic mass is 10.0. The van der Waals surface area contributed by atoms with Crippen molar-refractivity contribution in [1.82, 2.24) is 34.4 Å². The number of phosphoric acid groups is 2. The molecular weight excluding hydrogens is 893 g/mol.